The number of hydrogen-bond donors (Lipinski definition) is 20. The second-order valence-corrected chi connectivity index (χ2v) is 40.3. The number of hydrogen-bond acceptors (Lipinski definition) is 25. The van der Waals surface area contributed by atoms with Crippen molar-refractivity contribution >= 4 is 140 Å². The third kappa shape index (κ3) is 36.6. The van der Waals surface area contributed by atoms with Gasteiger partial charge in [-0.3, -0.25) is 96.1 Å². The highest BCUT2D eigenvalue weighted by Gasteiger charge is 2.48. The predicted octanol–water partition coefficient (Wildman–Crippen LogP) is -2.16. The minimum absolute atomic E-state index is 0.00373. The molecule has 3 unspecified atom stereocenters. The average Bonchev–Trinajstić information content (AvgIpc) is 1.65. The molecule has 139 heavy (non-hydrogen) atoms. The first kappa shape index (κ1) is 115. The molecule has 1 aromatic carbocycles. The molecule has 0 aromatic heterocycles. The van der Waals surface area contributed by atoms with Crippen molar-refractivity contribution in [2.45, 2.75) is 344 Å². The van der Waals surface area contributed by atoms with Gasteiger partial charge in [0.2, 0.25) is 106 Å². The van der Waals surface area contributed by atoms with Gasteiger partial charge in [0, 0.05) is 64.0 Å². The van der Waals surface area contributed by atoms with E-state index < -0.39 is 234 Å². The highest BCUT2D eigenvalue weighted by molar-refractivity contribution is 8.76. The summed E-state index contributed by atoms with van der Waals surface area (Å²) in [6.07, 6.45) is 6.53. The summed E-state index contributed by atoms with van der Waals surface area (Å²) in [6.45, 7) is 11.0. The summed E-state index contributed by atoms with van der Waals surface area (Å²) in [5.74, 6) is -17.5. The summed E-state index contributed by atoms with van der Waals surface area (Å²) in [6, 6.07) is -15.3. The molecule has 5 saturated heterocycles. The number of nitrogens with one attached hydrogen (secondary N) is 13. The number of amides is 18. The normalized spacial score (nSPS) is 25.0. The fourth-order valence-electron chi connectivity index (χ4n) is 18.3. The first-order valence-corrected chi connectivity index (χ1v) is 51.8. The second kappa shape index (κ2) is 58.9. The molecule has 0 spiro atoms. The summed E-state index contributed by atoms with van der Waals surface area (Å²) in [7, 11) is 2.01. The van der Waals surface area contributed by atoms with Crippen molar-refractivity contribution in [3.05, 3.63) is 35.9 Å². The maximum Gasteiger partial charge on any atom is 0.303 e. The maximum absolute atomic E-state index is 15.7. The van der Waals surface area contributed by atoms with Crippen LogP contribution in [0.1, 0.15) is 240 Å². The maximum atomic E-state index is 15.7. The van der Waals surface area contributed by atoms with Crippen LogP contribution >= 0.6 is 21.6 Å². The molecule has 5 heterocycles. The van der Waals surface area contributed by atoms with Crippen molar-refractivity contribution in [2.24, 2.45) is 51.4 Å². The van der Waals surface area contributed by atoms with Crippen LogP contribution in [0.2, 0.25) is 0 Å². The molecule has 18 amide bonds. The lowest BCUT2D eigenvalue weighted by atomic mass is 9.84. The van der Waals surface area contributed by atoms with Crippen molar-refractivity contribution < 1.29 is 101 Å². The van der Waals surface area contributed by atoms with E-state index in [4.69, 9.17) is 28.7 Å². The smallest absolute Gasteiger partial charge is 0.303 e. The van der Waals surface area contributed by atoms with Gasteiger partial charge >= 0.3 is 5.97 Å². The van der Waals surface area contributed by atoms with Crippen LogP contribution in [-0.2, 0) is 97.5 Å². The minimum atomic E-state index is -1.82. The van der Waals surface area contributed by atoms with E-state index in [1.165, 1.54) is 33.4 Å². The molecule has 17 atom stereocenters. The Morgan fingerprint density at radius 1 is 0.518 bits per heavy atom. The van der Waals surface area contributed by atoms with E-state index in [2.05, 4.69) is 74.1 Å². The molecule has 6 fully saturated rings. The Kier molecular flexibility index (Phi) is 48.7. The van der Waals surface area contributed by atoms with E-state index in [1.807, 2.05) is 6.92 Å². The van der Waals surface area contributed by atoms with Gasteiger partial charge in [-0.15, -0.1) is 0 Å². The standard InChI is InChI=1S/C93H151N23O21S2/c1-8-9-29-63-89(134)113-43-21-33-70(113)86(131)100-55(6)77(122)111-68(51-117)84(129)109-66(49-57-25-12-10-13-26-57)83(128)112-69(85(130)107-64(31-17-19-41-95)90(135)116-46-24-36-73(116)91(136)114-44-22-34-71(114)87(132)102-59(76(96)121)37-38-74(119)120)52-139-138-47-39-62(105-82(127)67(50-58-27-14-11-15-28-58)110-88(133)72-35-23-45-115(72)92(137)75(54(4)5)101-56(7)118)80(125)108-65(48-53(2)3)81(126)104-61(32-20-42-99-93(97)98)78(123)103-60(79(124)106-63)30-16-18-40-94/h10,12-13,25-26,53-55,58-73,75,117H,8-9,11,14-24,27-52,94-95H2,1-7H3,(H2,96,121)(H,100,131)(H,101,118)(H,102,132)(H,103,123)(H,104,126)(H,105,127)(H,106,124)(H,107,130)(H,108,125)(H,109,129)(H,110,133)(H,111,122)(H,112,128)(H,119,120)(H4,97,98,99)/t55?,59-,60-,61-,62?,63-,64?,65-,66-,67-,68-,69-,70-,71-,72-,73-,75-/m0/s1. The molecule has 0 radical (unpaired) electrons. The van der Waals surface area contributed by atoms with Gasteiger partial charge in [-0.1, -0.05) is 131 Å². The Morgan fingerprint density at radius 2 is 1.06 bits per heavy atom. The second-order valence-electron chi connectivity index (χ2n) is 37.7. The van der Waals surface area contributed by atoms with Crippen molar-refractivity contribution in [2.75, 3.05) is 63.9 Å². The molecule has 44 nitrogen and oxygen atoms in total. The number of carbonyl (C=O) groups is 19. The Labute approximate surface area is 820 Å². The summed E-state index contributed by atoms with van der Waals surface area (Å²) >= 11 is 0. The van der Waals surface area contributed by atoms with Gasteiger partial charge in [-0.25, -0.2) is 0 Å². The number of carboxylic acids is 1. The predicted molar refractivity (Wildman–Crippen MR) is 519 cm³/mol. The third-order valence-corrected chi connectivity index (χ3v) is 28.4. The van der Waals surface area contributed by atoms with E-state index in [1.54, 1.807) is 58.0 Å². The van der Waals surface area contributed by atoms with Crippen LogP contribution in [0.15, 0.2) is 35.3 Å². The van der Waals surface area contributed by atoms with Crippen molar-refractivity contribution in [3.8, 4) is 0 Å². The fraction of sp³-hybridized carbons (Fsp3) is 0.720. The van der Waals surface area contributed by atoms with Gasteiger partial charge in [0.25, 0.3) is 0 Å². The molecule has 46 heteroatoms. The molecule has 1 aliphatic carbocycles. The van der Waals surface area contributed by atoms with Crippen LogP contribution in [-0.4, -0.2) is 315 Å². The minimum Gasteiger partial charge on any atom is -0.481 e. The lowest BCUT2D eigenvalue weighted by molar-refractivity contribution is -0.148. The molecule has 1 saturated carbocycles. The molecule has 1 aromatic rings. The number of aliphatic hydroxyl groups excluding tert-OH is 1. The Hall–Kier alpha value is -11.0. The number of aliphatic imine (C=N–C) groups is 1. The zero-order chi connectivity index (χ0) is 102. The largest absolute Gasteiger partial charge is 0.481 e. The van der Waals surface area contributed by atoms with E-state index in [0.29, 0.717) is 69.8 Å². The van der Waals surface area contributed by atoms with Crippen LogP contribution in [0.4, 0.5) is 0 Å². The molecule has 7 rings (SSSR count). The number of fused-ring (bicyclic) bond motifs is 1. The van der Waals surface area contributed by atoms with Crippen molar-refractivity contribution in [3.63, 3.8) is 0 Å². The first-order chi connectivity index (χ1) is 66.3. The number of carbonyl (C=O) groups excluding carboxylic acids is 18. The van der Waals surface area contributed by atoms with Crippen LogP contribution in [0.25, 0.3) is 0 Å². The zero-order valence-corrected chi connectivity index (χ0v) is 82.9. The topological polar surface area (TPSA) is 677 Å². The van der Waals surface area contributed by atoms with Crippen LogP contribution in [0, 0.1) is 17.8 Å². The van der Waals surface area contributed by atoms with Gasteiger partial charge in [-0.2, -0.15) is 0 Å². The van der Waals surface area contributed by atoms with Crippen LogP contribution in [0.3, 0.4) is 0 Å². The SMILES string of the molecule is CCCC[C@@H]1NC(=O)[C@H](CCCCN)NC(=O)[C@H](CCCN=C(N)N)NC(=O)[C@H](CC(C)C)NC(=O)C(NC(=O)[C@H](CC2CCCCC2)NC(=O)[C@@H]2CCCN2C(=O)[C@@H](NC(C)=O)C(C)C)CCSSC[C@@H](C(=O)NC(CCCCN)C(=O)N2CCC[C@H]2C(=O)N2CCC[C@H]2C(=O)N[C@@H](CCC(=O)O)C(N)=O)NC(=O)[C@H](Cc2ccccc2)NC(=O)[C@H](CO)NC(=O)C(C)NC(=O)[C@@H]2CCCN2C1=O. The average molecular weight is 1990 g/mol. The molecule has 5 aliphatic heterocycles. The number of nitrogens with zero attached hydrogens (tertiary/aromatic N) is 5. The number of aliphatic carboxylic acids is 1. The van der Waals surface area contributed by atoms with Crippen LogP contribution < -0.4 is 97.8 Å². The number of aliphatic hydroxyl groups is 1. The number of unbranched alkanes of at least 4 members (excludes halogenated alkanes) is 3. The molecule has 6 aliphatic rings. The van der Waals surface area contributed by atoms with Crippen molar-refractivity contribution in [1.82, 2.24) is 88.7 Å². The van der Waals surface area contributed by atoms with Crippen molar-refractivity contribution in [1.29, 1.82) is 0 Å². The van der Waals surface area contributed by atoms with Gasteiger partial charge in [0.15, 0.2) is 5.96 Å². The zero-order valence-electron chi connectivity index (χ0n) is 81.3. The van der Waals surface area contributed by atoms with E-state index >= 15 is 33.6 Å². The van der Waals surface area contributed by atoms with Crippen LogP contribution in [0.5, 0.6) is 0 Å². The Balaban J connectivity index is 1.33. The summed E-state index contributed by atoms with van der Waals surface area (Å²) in [5, 5.41) is 56.0. The number of likely N-dealkylation sites (tertiary alicyclic amines) is 3. The number of rotatable bonds is 39. The Bertz CT molecular complexity index is 4380. The number of guanidine groups is 1. The molecular weight excluding hydrogens is 1840 g/mol. The van der Waals surface area contributed by atoms with E-state index in [-0.39, 0.29) is 178 Å². The summed E-state index contributed by atoms with van der Waals surface area (Å²) < 4.78 is 0. The Morgan fingerprint density at radius 3 is 1.67 bits per heavy atom. The lowest BCUT2D eigenvalue weighted by Gasteiger charge is -2.33. The number of nitrogens with two attached hydrogens (primary N) is 5. The van der Waals surface area contributed by atoms with Gasteiger partial charge in [0.05, 0.1) is 6.61 Å². The molecule has 25 N–H and O–H groups in total. The summed E-state index contributed by atoms with van der Waals surface area (Å²) in [5.41, 5.74) is 29.5. The number of carboxylic acid groups (broad SMARTS) is 1. The monoisotopic (exact) mass is 1990 g/mol. The molecular formula is C93H151N23O21S2. The van der Waals surface area contributed by atoms with Gasteiger partial charge < -0.3 is 128 Å². The number of benzene rings is 1. The summed E-state index contributed by atoms with van der Waals surface area (Å²) in [4.78, 5) is 286. The highest BCUT2D eigenvalue weighted by Crippen LogP contribution is 2.32. The van der Waals surface area contributed by atoms with E-state index in [9.17, 15) is 67.7 Å². The fourth-order valence-corrected chi connectivity index (χ4v) is 20.6. The molecule has 0 bridgehead atoms. The lowest BCUT2D eigenvalue weighted by Crippen LogP contribution is -2.61. The van der Waals surface area contributed by atoms with Gasteiger partial charge in [0.1, 0.15) is 103 Å². The highest BCUT2D eigenvalue weighted by atomic mass is 33.1. The third-order valence-electron chi connectivity index (χ3n) is 25.9. The molecule has 776 valence electrons. The first-order valence-electron chi connectivity index (χ1n) is 49.3. The van der Waals surface area contributed by atoms with Gasteiger partial charge in [-0.05, 0) is 178 Å². The number of primary amides is 1. The quantitative estimate of drug-likeness (QED) is 0.0144. The van der Waals surface area contributed by atoms with E-state index in [0.717, 1.165) is 40.9 Å².